The first-order valence-electron chi connectivity index (χ1n) is 8.80. The minimum Gasteiger partial charge on any atom is -0.492 e. The lowest BCUT2D eigenvalue weighted by molar-refractivity contribution is -0.117. The van der Waals surface area contributed by atoms with Crippen LogP contribution in [0.5, 0.6) is 5.75 Å². The second-order valence-corrected chi connectivity index (χ2v) is 7.18. The molecule has 3 rings (SSSR count). The molecule has 0 radical (unpaired) electrons. The van der Waals surface area contributed by atoms with E-state index in [0.29, 0.717) is 40.9 Å². The number of hydrogen-bond acceptors (Lipinski definition) is 3. The average Bonchev–Trinajstić information content (AvgIpc) is 3.49. The van der Waals surface area contributed by atoms with E-state index in [0.717, 1.165) is 18.5 Å². The Hall–Kier alpha value is -2.24. The smallest absolute Gasteiger partial charge is 0.227 e. The normalized spacial score (nSPS) is 13.1. The van der Waals surface area contributed by atoms with Gasteiger partial charge in [0.1, 0.15) is 10.8 Å². The number of amides is 2. The minimum atomic E-state index is -0.106. The molecule has 142 valence electrons. The Bertz CT molecular complexity index is 820. The lowest BCUT2D eigenvalue weighted by Gasteiger charge is -2.09. The molecule has 7 heteroatoms. The number of anilines is 2. The fourth-order valence-corrected chi connectivity index (χ4v) is 2.81. The molecule has 1 aliphatic carbocycles. The van der Waals surface area contributed by atoms with Crippen LogP contribution in [0.25, 0.3) is 0 Å². The molecule has 27 heavy (non-hydrogen) atoms. The van der Waals surface area contributed by atoms with Crippen molar-refractivity contribution >= 4 is 46.4 Å². The molecule has 1 aliphatic rings. The summed E-state index contributed by atoms with van der Waals surface area (Å²) in [6.07, 6.45) is 2.79. The number of hydrogen-bond donors (Lipinski definition) is 2. The maximum Gasteiger partial charge on any atom is 0.227 e. The molecular formula is C20H20Cl2N2O3. The number of benzene rings is 2. The second kappa shape index (κ2) is 9.11. The third-order valence-corrected chi connectivity index (χ3v) is 4.91. The Labute approximate surface area is 168 Å². The van der Waals surface area contributed by atoms with Crippen molar-refractivity contribution < 1.29 is 14.3 Å². The largest absolute Gasteiger partial charge is 0.492 e. The zero-order valence-corrected chi connectivity index (χ0v) is 16.1. The summed E-state index contributed by atoms with van der Waals surface area (Å²) in [4.78, 5) is 23.7. The van der Waals surface area contributed by atoms with Gasteiger partial charge in [0, 0.05) is 23.7 Å². The molecule has 2 N–H and O–H groups in total. The fourth-order valence-electron chi connectivity index (χ4n) is 2.46. The summed E-state index contributed by atoms with van der Waals surface area (Å²) < 4.78 is 5.56. The molecule has 0 saturated heterocycles. The van der Waals surface area contributed by atoms with Crippen LogP contribution in [0.3, 0.4) is 0 Å². The number of ether oxygens (including phenoxy) is 1. The Morgan fingerprint density at radius 1 is 1.00 bits per heavy atom. The van der Waals surface area contributed by atoms with Crippen LogP contribution in [0.4, 0.5) is 11.4 Å². The van der Waals surface area contributed by atoms with E-state index in [1.54, 1.807) is 42.5 Å². The standard InChI is InChI=1S/C20H20Cl2N2O3/c21-16-3-1-4-17(19(16)22)27-12-2-5-18(25)23-14-8-10-15(11-9-14)24-20(26)13-6-7-13/h1,3-4,8-11,13H,2,5-7,12H2,(H,23,25)(H,24,26). The first-order chi connectivity index (χ1) is 13.0. The van der Waals surface area contributed by atoms with E-state index in [4.69, 9.17) is 27.9 Å². The highest BCUT2D eigenvalue weighted by Crippen LogP contribution is 2.31. The molecule has 1 fully saturated rings. The van der Waals surface area contributed by atoms with Gasteiger partial charge >= 0.3 is 0 Å². The monoisotopic (exact) mass is 406 g/mol. The van der Waals surface area contributed by atoms with Crippen LogP contribution in [-0.2, 0) is 9.59 Å². The van der Waals surface area contributed by atoms with Crippen molar-refractivity contribution in [2.24, 2.45) is 5.92 Å². The van der Waals surface area contributed by atoms with Gasteiger partial charge in [0.15, 0.2) is 0 Å². The van der Waals surface area contributed by atoms with Gasteiger partial charge < -0.3 is 15.4 Å². The maximum absolute atomic E-state index is 12.0. The molecule has 0 aromatic heterocycles. The van der Waals surface area contributed by atoms with Crippen molar-refractivity contribution in [3.63, 3.8) is 0 Å². The lowest BCUT2D eigenvalue weighted by Crippen LogP contribution is -2.14. The molecule has 2 aromatic rings. The molecule has 1 saturated carbocycles. The van der Waals surface area contributed by atoms with E-state index >= 15 is 0 Å². The zero-order valence-electron chi connectivity index (χ0n) is 14.6. The summed E-state index contributed by atoms with van der Waals surface area (Å²) in [5.41, 5.74) is 1.42. The highest BCUT2D eigenvalue weighted by molar-refractivity contribution is 6.42. The van der Waals surface area contributed by atoms with Crippen LogP contribution in [0.15, 0.2) is 42.5 Å². The predicted octanol–water partition coefficient (Wildman–Crippen LogP) is 5.14. The van der Waals surface area contributed by atoms with Crippen LogP contribution >= 0.6 is 23.2 Å². The summed E-state index contributed by atoms with van der Waals surface area (Å²) in [6.45, 7) is 0.361. The van der Waals surface area contributed by atoms with Gasteiger partial charge in [-0.05, 0) is 55.7 Å². The van der Waals surface area contributed by atoms with Gasteiger partial charge in [-0.1, -0.05) is 29.3 Å². The van der Waals surface area contributed by atoms with E-state index in [1.165, 1.54) is 0 Å². The second-order valence-electron chi connectivity index (χ2n) is 6.39. The quantitative estimate of drug-likeness (QED) is 0.596. The number of rotatable bonds is 8. The van der Waals surface area contributed by atoms with Gasteiger partial charge in [-0.15, -0.1) is 0 Å². The van der Waals surface area contributed by atoms with E-state index in [1.807, 2.05) is 0 Å². The molecule has 2 aromatic carbocycles. The molecule has 0 heterocycles. The van der Waals surface area contributed by atoms with Crippen molar-refractivity contribution in [2.75, 3.05) is 17.2 Å². The molecule has 0 spiro atoms. The predicted molar refractivity (Wildman–Crippen MR) is 108 cm³/mol. The first kappa shape index (κ1) is 19.5. The average molecular weight is 407 g/mol. The van der Waals surface area contributed by atoms with E-state index in [2.05, 4.69) is 10.6 Å². The molecule has 0 aliphatic heterocycles. The summed E-state index contributed by atoms with van der Waals surface area (Å²) in [5.74, 6) is 0.624. The zero-order chi connectivity index (χ0) is 19.2. The number of nitrogens with one attached hydrogen (secondary N) is 2. The maximum atomic E-state index is 12.0. The van der Waals surface area contributed by atoms with Gasteiger partial charge in [-0.3, -0.25) is 9.59 Å². The number of carbonyl (C=O) groups is 2. The summed E-state index contributed by atoms with van der Waals surface area (Å²) >= 11 is 12.0. The SMILES string of the molecule is O=C(CCCOc1cccc(Cl)c1Cl)Nc1ccc(NC(=O)C2CC2)cc1. The minimum absolute atomic E-state index is 0.0617. The Balaban J connectivity index is 1.38. The van der Waals surface area contributed by atoms with Crippen LogP contribution in [0, 0.1) is 5.92 Å². The Morgan fingerprint density at radius 3 is 2.33 bits per heavy atom. The van der Waals surface area contributed by atoms with Gasteiger partial charge in [0.2, 0.25) is 11.8 Å². The molecular weight excluding hydrogens is 387 g/mol. The van der Waals surface area contributed by atoms with Crippen molar-refractivity contribution in [2.45, 2.75) is 25.7 Å². The fraction of sp³-hybridized carbons (Fsp3) is 0.300. The highest BCUT2D eigenvalue weighted by Gasteiger charge is 2.29. The van der Waals surface area contributed by atoms with Crippen LogP contribution in [0.1, 0.15) is 25.7 Å². The van der Waals surface area contributed by atoms with Crippen LogP contribution < -0.4 is 15.4 Å². The number of halogens is 2. The van der Waals surface area contributed by atoms with Crippen molar-refractivity contribution in [1.29, 1.82) is 0 Å². The van der Waals surface area contributed by atoms with E-state index < -0.39 is 0 Å². The molecule has 5 nitrogen and oxygen atoms in total. The van der Waals surface area contributed by atoms with Crippen LogP contribution in [0.2, 0.25) is 10.0 Å². The first-order valence-corrected chi connectivity index (χ1v) is 9.56. The topological polar surface area (TPSA) is 67.4 Å². The van der Waals surface area contributed by atoms with Gasteiger partial charge in [-0.2, -0.15) is 0 Å². The van der Waals surface area contributed by atoms with Gasteiger partial charge in [-0.25, -0.2) is 0 Å². The third kappa shape index (κ3) is 5.88. The molecule has 2 amide bonds. The molecule has 0 atom stereocenters. The lowest BCUT2D eigenvalue weighted by atomic mass is 10.2. The molecule has 0 bridgehead atoms. The summed E-state index contributed by atoms with van der Waals surface area (Å²) in [6, 6.07) is 12.3. The highest BCUT2D eigenvalue weighted by atomic mass is 35.5. The Morgan fingerprint density at radius 2 is 1.67 bits per heavy atom. The van der Waals surface area contributed by atoms with Crippen LogP contribution in [-0.4, -0.2) is 18.4 Å². The van der Waals surface area contributed by atoms with Crippen molar-refractivity contribution in [3.05, 3.63) is 52.5 Å². The van der Waals surface area contributed by atoms with E-state index in [9.17, 15) is 9.59 Å². The molecule has 0 unspecified atom stereocenters. The van der Waals surface area contributed by atoms with Gasteiger partial charge in [0.05, 0.1) is 11.6 Å². The summed E-state index contributed by atoms with van der Waals surface area (Å²) in [5, 5.41) is 6.49. The van der Waals surface area contributed by atoms with Crippen molar-refractivity contribution in [1.82, 2.24) is 0 Å². The third-order valence-electron chi connectivity index (χ3n) is 4.11. The van der Waals surface area contributed by atoms with Crippen molar-refractivity contribution in [3.8, 4) is 5.75 Å². The van der Waals surface area contributed by atoms with E-state index in [-0.39, 0.29) is 17.7 Å². The Kier molecular flexibility index (Phi) is 6.58. The summed E-state index contributed by atoms with van der Waals surface area (Å²) in [7, 11) is 0. The number of carbonyl (C=O) groups excluding carboxylic acids is 2. The van der Waals surface area contributed by atoms with Gasteiger partial charge in [0.25, 0.3) is 0 Å².